The van der Waals surface area contributed by atoms with E-state index < -0.39 is 0 Å². The van der Waals surface area contributed by atoms with Gasteiger partial charge >= 0.3 is 0 Å². The summed E-state index contributed by atoms with van der Waals surface area (Å²) in [5, 5.41) is 0. The molecule has 0 aliphatic carbocycles. The van der Waals surface area contributed by atoms with Crippen LogP contribution in [0.15, 0.2) is 42.5 Å². The highest BCUT2D eigenvalue weighted by Gasteiger charge is 2.37. The van der Waals surface area contributed by atoms with Crippen LogP contribution in [0.25, 0.3) is 0 Å². The van der Waals surface area contributed by atoms with Gasteiger partial charge in [-0.3, -0.25) is 4.79 Å². The van der Waals surface area contributed by atoms with Crippen LogP contribution in [0, 0.1) is 13.8 Å². The second kappa shape index (κ2) is 8.39. The van der Waals surface area contributed by atoms with Crippen LogP contribution < -0.4 is 4.74 Å². The first-order valence-corrected chi connectivity index (χ1v) is 10.2. The maximum atomic E-state index is 13.0. The molecule has 0 aromatic heterocycles. The summed E-state index contributed by atoms with van der Waals surface area (Å²) < 4.78 is 12.7. The molecule has 26 heavy (non-hydrogen) atoms. The van der Waals surface area contributed by atoms with Crippen molar-refractivity contribution < 1.29 is 14.3 Å². The Labute approximate surface area is 168 Å². The van der Waals surface area contributed by atoms with Crippen LogP contribution in [-0.4, -0.2) is 43.2 Å². The van der Waals surface area contributed by atoms with Gasteiger partial charge in [0, 0.05) is 17.1 Å². The minimum atomic E-state index is -0.168. The number of methoxy groups -OCH3 is 1. The predicted molar refractivity (Wildman–Crippen MR) is 111 cm³/mol. The van der Waals surface area contributed by atoms with Crippen molar-refractivity contribution in [2.24, 2.45) is 0 Å². The van der Waals surface area contributed by atoms with Gasteiger partial charge in [0.2, 0.25) is 0 Å². The second-order valence-electron chi connectivity index (χ2n) is 6.74. The number of benzene rings is 2. The van der Waals surface area contributed by atoms with Crippen molar-refractivity contribution in [1.82, 2.24) is 4.90 Å². The van der Waals surface area contributed by atoms with Crippen molar-refractivity contribution in [2.75, 3.05) is 20.2 Å². The number of ether oxygens (including phenoxy) is 2. The number of carbonyl (C=O) groups is 1. The Morgan fingerprint density at radius 2 is 1.92 bits per heavy atom. The summed E-state index contributed by atoms with van der Waals surface area (Å²) in [6.07, 6.45) is -0.300. The van der Waals surface area contributed by atoms with Crippen molar-refractivity contribution >= 4 is 28.5 Å². The van der Waals surface area contributed by atoms with E-state index in [9.17, 15) is 4.79 Å². The first kappa shape index (κ1) is 19.2. The number of rotatable bonds is 5. The van der Waals surface area contributed by atoms with Crippen LogP contribution in [-0.2, 0) is 9.16 Å². The van der Waals surface area contributed by atoms with Crippen LogP contribution in [0.5, 0.6) is 5.75 Å². The standard InChI is InChI=1S/C21H24INO3/c1-14-7-8-15(2)18(9-14)21(24)23-12-19(25-3)20(13-23)26-17-6-4-5-16(10-17)11-22/h4-10,19-20H,11-13H2,1-3H3/t19-,20-/m1/s1. The number of alkyl halides is 1. The van der Waals surface area contributed by atoms with E-state index in [2.05, 4.69) is 28.7 Å². The third-order valence-corrected chi connectivity index (χ3v) is 5.65. The number of hydrogen-bond acceptors (Lipinski definition) is 3. The molecular formula is C21H24INO3. The van der Waals surface area contributed by atoms with Gasteiger partial charge in [-0.05, 0) is 43.2 Å². The molecule has 1 fully saturated rings. The van der Waals surface area contributed by atoms with Gasteiger partial charge in [-0.15, -0.1) is 0 Å². The lowest BCUT2D eigenvalue weighted by atomic mass is 10.0. The molecule has 1 aliphatic heterocycles. The highest BCUT2D eigenvalue weighted by Crippen LogP contribution is 2.24. The van der Waals surface area contributed by atoms with E-state index in [0.717, 1.165) is 26.9 Å². The van der Waals surface area contributed by atoms with Gasteiger partial charge in [0.05, 0.1) is 13.1 Å². The zero-order valence-corrected chi connectivity index (χ0v) is 17.5. The molecule has 1 saturated heterocycles. The molecule has 0 radical (unpaired) electrons. The van der Waals surface area contributed by atoms with Crippen LogP contribution in [0.4, 0.5) is 0 Å². The van der Waals surface area contributed by atoms with E-state index in [-0.39, 0.29) is 18.1 Å². The molecule has 3 rings (SSSR count). The lowest BCUT2D eigenvalue weighted by Gasteiger charge is -2.19. The normalized spacial score (nSPS) is 19.6. The quantitative estimate of drug-likeness (QED) is 0.492. The number of amides is 1. The van der Waals surface area contributed by atoms with Crippen LogP contribution in [0.2, 0.25) is 0 Å². The molecule has 138 valence electrons. The van der Waals surface area contributed by atoms with Crippen molar-refractivity contribution in [3.63, 3.8) is 0 Å². The van der Waals surface area contributed by atoms with Gasteiger partial charge in [-0.1, -0.05) is 52.4 Å². The Morgan fingerprint density at radius 1 is 1.15 bits per heavy atom. The van der Waals surface area contributed by atoms with Crippen LogP contribution >= 0.6 is 22.6 Å². The van der Waals surface area contributed by atoms with Gasteiger partial charge in [-0.25, -0.2) is 0 Å². The van der Waals surface area contributed by atoms with Gasteiger partial charge in [0.25, 0.3) is 5.91 Å². The molecule has 2 aromatic rings. The molecule has 5 heteroatoms. The Morgan fingerprint density at radius 3 is 2.65 bits per heavy atom. The zero-order chi connectivity index (χ0) is 18.7. The van der Waals surface area contributed by atoms with Gasteiger partial charge in [-0.2, -0.15) is 0 Å². The van der Waals surface area contributed by atoms with E-state index >= 15 is 0 Å². The Balaban J connectivity index is 1.76. The third-order valence-electron chi connectivity index (χ3n) is 4.77. The Bertz CT molecular complexity index is 793. The van der Waals surface area contributed by atoms with E-state index in [0.29, 0.717) is 13.1 Å². The Kier molecular flexibility index (Phi) is 6.19. The first-order chi connectivity index (χ1) is 12.5. The summed E-state index contributed by atoms with van der Waals surface area (Å²) in [5.41, 5.74) is 4.06. The minimum absolute atomic E-state index is 0.0420. The molecule has 0 saturated carbocycles. The number of aryl methyl sites for hydroxylation is 2. The monoisotopic (exact) mass is 465 g/mol. The first-order valence-electron chi connectivity index (χ1n) is 8.72. The predicted octanol–water partition coefficient (Wildman–Crippen LogP) is 4.16. The fourth-order valence-corrected chi connectivity index (χ4v) is 3.74. The highest BCUT2D eigenvalue weighted by molar-refractivity contribution is 14.1. The molecule has 4 nitrogen and oxygen atoms in total. The average Bonchev–Trinajstić information content (AvgIpc) is 3.06. The molecule has 0 N–H and O–H groups in total. The van der Waals surface area contributed by atoms with E-state index in [4.69, 9.17) is 9.47 Å². The molecule has 1 aliphatic rings. The largest absolute Gasteiger partial charge is 0.486 e. The van der Waals surface area contributed by atoms with E-state index in [1.54, 1.807) is 7.11 Å². The number of carbonyl (C=O) groups excluding carboxylic acids is 1. The highest BCUT2D eigenvalue weighted by atomic mass is 127. The van der Waals surface area contributed by atoms with Gasteiger partial charge < -0.3 is 14.4 Å². The lowest BCUT2D eigenvalue weighted by molar-refractivity contribution is 0.0339. The van der Waals surface area contributed by atoms with E-state index in [1.165, 1.54) is 5.56 Å². The van der Waals surface area contributed by atoms with Crippen molar-refractivity contribution in [3.05, 3.63) is 64.7 Å². The molecule has 0 bridgehead atoms. The van der Waals surface area contributed by atoms with Gasteiger partial charge in [0.15, 0.2) is 0 Å². The van der Waals surface area contributed by atoms with Crippen molar-refractivity contribution in [3.8, 4) is 5.75 Å². The van der Waals surface area contributed by atoms with Crippen molar-refractivity contribution in [2.45, 2.75) is 30.5 Å². The molecule has 0 spiro atoms. The fourth-order valence-electron chi connectivity index (χ4n) is 3.26. The lowest BCUT2D eigenvalue weighted by Crippen LogP contribution is -2.32. The molecule has 2 atom stereocenters. The minimum Gasteiger partial charge on any atom is -0.486 e. The summed E-state index contributed by atoms with van der Waals surface area (Å²) in [7, 11) is 1.67. The maximum absolute atomic E-state index is 13.0. The summed E-state index contributed by atoms with van der Waals surface area (Å²) in [5.74, 6) is 0.868. The number of hydrogen-bond donors (Lipinski definition) is 0. The fraction of sp³-hybridized carbons (Fsp3) is 0.381. The molecule has 1 amide bonds. The van der Waals surface area contributed by atoms with Crippen molar-refractivity contribution in [1.29, 1.82) is 0 Å². The summed E-state index contributed by atoms with van der Waals surface area (Å²) >= 11 is 2.34. The summed E-state index contributed by atoms with van der Waals surface area (Å²) in [6.45, 7) is 5.04. The second-order valence-corrected chi connectivity index (χ2v) is 7.50. The van der Waals surface area contributed by atoms with Crippen LogP contribution in [0.1, 0.15) is 27.0 Å². The van der Waals surface area contributed by atoms with E-state index in [1.807, 2.05) is 55.1 Å². The van der Waals surface area contributed by atoms with Gasteiger partial charge in [0.1, 0.15) is 18.0 Å². The average molecular weight is 465 g/mol. The molecule has 0 unspecified atom stereocenters. The topological polar surface area (TPSA) is 38.8 Å². The third kappa shape index (κ3) is 4.20. The number of nitrogens with zero attached hydrogens (tertiary/aromatic N) is 1. The maximum Gasteiger partial charge on any atom is 0.254 e. The number of halogens is 1. The number of likely N-dealkylation sites (tertiary alicyclic amines) is 1. The SMILES string of the molecule is CO[C@@H]1CN(C(=O)c2cc(C)ccc2C)C[C@H]1Oc1cccc(CI)c1. The summed E-state index contributed by atoms with van der Waals surface area (Å²) in [4.78, 5) is 14.8. The molecular weight excluding hydrogens is 441 g/mol. The smallest absolute Gasteiger partial charge is 0.254 e. The Hall–Kier alpha value is -1.60. The zero-order valence-electron chi connectivity index (χ0n) is 15.4. The summed E-state index contributed by atoms with van der Waals surface area (Å²) in [6, 6.07) is 14.1. The van der Waals surface area contributed by atoms with Crippen LogP contribution in [0.3, 0.4) is 0 Å². The molecule has 2 aromatic carbocycles. The molecule has 1 heterocycles.